The minimum Gasteiger partial charge on any atom is -0.383 e. The average Bonchev–Trinajstić information content (AvgIpc) is 2.85. The van der Waals surface area contributed by atoms with E-state index in [1.807, 2.05) is 6.20 Å². The maximum Gasteiger partial charge on any atom is 0.258 e. The van der Waals surface area contributed by atoms with E-state index in [4.69, 9.17) is 5.73 Å². The second-order valence-electron chi connectivity index (χ2n) is 4.20. The molecule has 6 nitrogen and oxygen atoms in total. The van der Waals surface area contributed by atoms with E-state index in [0.29, 0.717) is 18.7 Å². The molecule has 3 heterocycles. The maximum atomic E-state index is 12.3. The third-order valence-corrected chi connectivity index (χ3v) is 3.10. The van der Waals surface area contributed by atoms with Gasteiger partial charge in [0.25, 0.3) is 5.91 Å². The van der Waals surface area contributed by atoms with Crippen LogP contribution in [0.25, 0.3) is 0 Å². The molecule has 0 saturated carbocycles. The van der Waals surface area contributed by atoms with Crippen LogP contribution in [-0.2, 0) is 13.1 Å². The normalized spacial score (nSPS) is 14.3. The first-order chi connectivity index (χ1) is 8.75. The van der Waals surface area contributed by atoms with Crippen LogP contribution in [0.2, 0.25) is 0 Å². The number of hydrogen-bond acceptors (Lipinski definition) is 4. The number of hydrogen-bond donors (Lipinski definition) is 1. The molecule has 92 valence electrons. The van der Waals surface area contributed by atoms with E-state index in [0.717, 1.165) is 12.4 Å². The molecule has 0 saturated heterocycles. The van der Waals surface area contributed by atoms with Gasteiger partial charge in [-0.3, -0.25) is 4.79 Å². The fourth-order valence-electron chi connectivity index (χ4n) is 2.12. The van der Waals surface area contributed by atoms with Gasteiger partial charge in [0, 0.05) is 31.7 Å². The predicted octanol–water partition coefficient (Wildman–Crippen LogP) is 0.516. The largest absolute Gasteiger partial charge is 0.383 e. The van der Waals surface area contributed by atoms with Crippen molar-refractivity contribution in [2.45, 2.75) is 13.1 Å². The van der Waals surface area contributed by atoms with Crippen LogP contribution in [0.5, 0.6) is 0 Å². The first-order valence-corrected chi connectivity index (χ1v) is 5.75. The minimum atomic E-state index is -0.0881. The van der Waals surface area contributed by atoms with Gasteiger partial charge in [0.15, 0.2) is 0 Å². The molecule has 18 heavy (non-hydrogen) atoms. The summed E-state index contributed by atoms with van der Waals surface area (Å²) in [6, 6.07) is 3.42. The Morgan fingerprint density at radius 3 is 3.00 bits per heavy atom. The highest BCUT2D eigenvalue weighted by atomic mass is 16.2. The SMILES string of the molecule is Nc1ncccc1C(=O)N1CCn2ccnc2C1. The van der Waals surface area contributed by atoms with Crippen molar-refractivity contribution in [2.75, 3.05) is 12.3 Å². The molecule has 0 spiro atoms. The lowest BCUT2D eigenvalue weighted by molar-refractivity contribution is 0.0708. The van der Waals surface area contributed by atoms with Crippen molar-refractivity contribution < 1.29 is 4.79 Å². The number of fused-ring (bicyclic) bond motifs is 1. The van der Waals surface area contributed by atoms with Gasteiger partial charge in [0.1, 0.15) is 11.6 Å². The van der Waals surface area contributed by atoms with Crippen molar-refractivity contribution in [3.8, 4) is 0 Å². The van der Waals surface area contributed by atoms with Crippen LogP contribution >= 0.6 is 0 Å². The number of amides is 1. The van der Waals surface area contributed by atoms with E-state index >= 15 is 0 Å². The quantitative estimate of drug-likeness (QED) is 0.792. The number of pyridine rings is 1. The van der Waals surface area contributed by atoms with Gasteiger partial charge in [-0.15, -0.1) is 0 Å². The highest BCUT2D eigenvalue weighted by Crippen LogP contribution is 2.16. The van der Waals surface area contributed by atoms with Gasteiger partial charge in [-0.2, -0.15) is 0 Å². The number of rotatable bonds is 1. The maximum absolute atomic E-state index is 12.3. The second-order valence-corrected chi connectivity index (χ2v) is 4.20. The molecule has 0 radical (unpaired) electrons. The molecule has 0 aliphatic carbocycles. The summed E-state index contributed by atoms with van der Waals surface area (Å²) in [5.41, 5.74) is 6.18. The number of carbonyl (C=O) groups excluding carboxylic acids is 1. The minimum absolute atomic E-state index is 0.0881. The Hall–Kier alpha value is -2.37. The van der Waals surface area contributed by atoms with Crippen LogP contribution in [-0.4, -0.2) is 31.9 Å². The molecule has 3 rings (SSSR count). The monoisotopic (exact) mass is 243 g/mol. The van der Waals surface area contributed by atoms with E-state index in [9.17, 15) is 4.79 Å². The number of aromatic nitrogens is 3. The number of nitrogen functional groups attached to an aromatic ring is 1. The van der Waals surface area contributed by atoms with Crippen LogP contribution in [0.3, 0.4) is 0 Å². The van der Waals surface area contributed by atoms with Crippen molar-refractivity contribution in [3.63, 3.8) is 0 Å². The molecule has 2 N–H and O–H groups in total. The zero-order valence-electron chi connectivity index (χ0n) is 9.78. The van der Waals surface area contributed by atoms with Crippen molar-refractivity contribution in [1.29, 1.82) is 0 Å². The van der Waals surface area contributed by atoms with Crippen molar-refractivity contribution in [2.24, 2.45) is 0 Å². The summed E-state index contributed by atoms with van der Waals surface area (Å²) in [7, 11) is 0. The van der Waals surface area contributed by atoms with Crippen LogP contribution in [0, 0.1) is 0 Å². The topological polar surface area (TPSA) is 77.0 Å². The molecule has 1 amide bonds. The Labute approximate surface area is 104 Å². The smallest absolute Gasteiger partial charge is 0.258 e. The number of anilines is 1. The fourth-order valence-corrected chi connectivity index (χ4v) is 2.12. The molecular weight excluding hydrogens is 230 g/mol. The molecule has 0 unspecified atom stereocenters. The summed E-state index contributed by atoms with van der Waals surface area (Å²) >= 11 is 0. The molecule has 2 aromatic heterocycles. The molecule has 0 fully saturated rings. The second kappa shape index (κ2) is 4.14. The zero-order valence-corrected chi connectivity index (χ0v) is 9.78. The van der Waals surface area contributed by atoms with Crippen molar-refractivity contribution >= 4 is 11.7 Å². The van der Waals surface area contributed by atoms with Crippen molar-refractivity contribution in [3.05, 3.63) is 42.1 Å². The average molecular weight is 243 g/mol. The standard InChI is InChI=1S/C12H13N5O/c13-11-9(2-1-3-15-11)12(18)17-7-6-16-5-4-14-10(16)8-17/h1-5H,6-8H2,(H2,13,15). The summed E-state index contributed by atoms with van der Waals surface area (Å²) in [4.78, 5) is 22.2. The van der Waals surface area contributed by atoms with Gasteiger partial charge in [-0.1, -0.05) is 0 Å². The van der Waals surface area contributed by atoms with Gasteiger partial charge in [0.05, 0.1) is 12.1 Å². The van der Waals surface area contributed by atoms with Crippen LogP contribution < -0.4 is 5.73 Å². The van der Waals surface area contributed by atoms with E-state index in [2.05, 4.69) is 14.5 Å². The first kappa shape index (κ1) is 10.8. The number of imidazole rings is 1. The summed E-state index contributed by atoms with van der Waals surface area (Å²) in [6.07, 6.45) is 5.26. The summed E-state index contributed by atoms with van der Waals surface area (Å²) in [5.74, 6) is 1.09. The zero-order chi connectivity index (χ0) is 12.5. The molecule has 0 bridgehead atoms. The molecule has 0 atom stereocenters. The van der Waals surface area contributed by atoms with Gasteiger partial charge in [0.2, 0.25) is 0 Å². The third kappa shape index (κ3) is 1.71. The van der Waals surface area contributed by atoms with Crippen LogP contribution in [0.1, 0.15) is 16.2 Å². The summed E-state index contributed by atoms with van der Waals surface area (Å²) < 4.78 is 2.05. The van der Waals surface area contributed by atoms with Gasteiger partial charge >= 0.3 is 0 Å². The molecule has 6 heteroatoms. The Morgan fingerprint density at radius 1 is 1.28 bits per heavy atom. The van der Waals surface area contributed by atoms with E-state index in [1.54, 1.807) is 29.4 Å². The Balaban J connectivity index is 1.85. The first-order valence-electron chi connectivity index (χ1n) is 5.75. The van der Waals surface area contributed by atoms with Crippen molar-refractivity contribution in [1.82, 2.24) is 19.4 Å². The predicted molar refractivity (Wildman–Crippen MR) is 65.6 cm³/mol. The highest BCUT2D eigenvalue weighted by Gasteiger charge is 2.23. The number of nitrogens with two attached hydrogens (primary N) is 1. The van der Waals surface area contributed by atoms with E-state index < -0.39 is 0 Å². The third-order valence-electron chi connectivity index (χ3n) is 3.10. The number of carbonyl (C=O) groups is 1. The number of nitrogens with zero attached hydrogens (tertiary/aromatic N) is 4. The molecule has 2 aromatic rings. The Kier molecular flexibility index (Phi) is 2.47. The highest BCUT2D eigenvalue weighted by molar-refractivity contribution is 5.98. The summed E-state index contributed by atoms with van der Waals surface area (Å²) in [5, 5.41) is 0. The van der Waals surface area contributed by atoms with Gasteiger partial charge in [-0.05, 0) is 12.1 Å². The van der Waals surface area contributed by atoms with Gasteiger partial charge in [-0.25, -0.2) is 9.97 Å². The lowest BCUT2D eigenvalue weighted by Gasteiger charge is -2.27. The molecular formula is C12H13N5O. The van der Waals surface area contributed by atoms with Gasteiger partial charge < -0.3 is 15.2 Å². The summed E-state index contributed by atoms with van der Waals surface area (Å²) in [6.45, 7) is 1.94. The lowest BCUT2D eigenvalue weighted by atomic mass is 10.2. The Bertz CT molecular complexity index is 592. The molecule has 1 aliphatic rings. The van der Waals surface area contributed by atoms with E-state index in [1.165, 1.54) is 0 Å². The fraction of sp³-hybridized carbons (Fsp3) is 0.250. The van der Waals surface area contributed by atoms with Crippen LogP contribution in [0.15, 0.2) is 30.7 Å². The molecule has 1 aliphatic heterocycles. The lowest BCUT2D eigenvalue weighted by Crippen LogP contribution is -2.38. The Morgan fingerprint density at radius 2 is 2.17 bits per heavy atom. The van der Waals surface area contributed by atoms with Crippen LogP contribution in [0.4, 0.5) is 5.82 Å². The van der Waals surface area contributed by atoms with E-state index in [-0.39, 0.29) is 11.7 Å². The molecule has 0 aromatic carbocycles.